The maximum atomic E-state index is 12.6. The number of rotatable bonds is 10. The van der Waals surface area contributed by atoms with Crippen molar-refractivity contribution < 1.29 is 14.3 Å². The second-order valence-electron chi connectivity index (χ2n) is 6.82. The molecule has 2 amide bonds. The zero-order valence-electron chi connectivity index (χ0n) is 16.6. The largest absolute Gasteiger partial charge is 0.495 e. The highest BCUT2D eigenvalue weighted by Crippen LogP contribution is 2.27. The van der Waals surface area contributed by atoms with Crippen molar-refractivity contribution in [2.45, 2.75) is 50.6 Å². The Hall–Kier alpha value is -2.55. The number of carbonyl (C=O) groups is 2. The fourth-order valence-corrected chi connectivity index (χ4v) is 3.45. The van der Waals surface area contributed by atoms with E-state index in [0.29, 0.717) is 41.3 Å². The summed E-state index contributed by atoms with van der Waals surface area (Å²) in [4.78, 5) is 23.7. The molecule has 1 aromatic heterocycles. The lowest BCUT2D eigenvalue weighted by Crippen LogP contribution is -2.23. The summed E-state index contributed by atoms with van der Waals surface area (Å²) in [6, 6.07) is 7.25. The zero-order chi connectivity index (χ0) is 20.7. The summed E-state index contributed by atoms with van der Waals surface area (Å²) in [7, 11) is 1.56. The minimum Gasteiger partial charge on any atom is -0.495 e. The Labute approximate surface area is 169 Å². The quantitative estimate of drug-likeness (QED) is 0.587. The number of carbonyl (C=O) groups excluding carboxylic acids is 2. The molecular formula is C19H27N5O3S. The predicted molar refractivity (Wildman–Crippen MR) is 109 cm³/mol. The highest BCUT2D eigenvalue weighted by atomic mass is 32.2. The molecule has 0 radical (unpaired) electrons. The number of primary amides is 1. The third-order valence-corrected chi connectivity index (χ3v) is 5.03. The van der Waals surface area contributed by atoms with Crippen LogP contribution in [0.1, 0.15) is 33.0 Å². The Balaban J connectivity index is 2.12. The van der Waals surface area contributed by atoms with Gasteiger partial charge in [0.1, 0.15) is 11.6 Å². The summed E-state index contributed by atoms with van der Waals surface area (Å²) >= 11 is 1.33. The number of anilines is 1. The molecule has 3 N–H and O–H groups in total. The number of thioether (sulfide) groups is 1. The van der Waals surface area contributed by atoms with Crippen LogP contribution >= 0.6 is 11.8 Å². The van der Waals surface area contributed by atoms with Crippen LogP contribution in [0.15, 0.2) is 29.4 Å². The van der Waals surface area contributed by atoms with Crippen molar-refractivity contribution >= 4 is 29.3 Å². The number of benzene rings is 1. The topological polar surface area (TPSA) is 112 Å². The maximum absolute atomic E-state index is 12.6. The van der Waals surface area contributed by atoms with Crippen LogP contribution in [0, 0.1) is 5.92 Å². The Bertz CT molecular complexity index is 822. The third kappa shape index (κ3) is 5.98. The first-order valence-electron chi connectivity index (χ1n) is 9.12. The Morgan fingerprint density at radius 2 is 1.96 bits per heavy atom. The van der Waals surface area contributed by atoms with Crippen molar-refractivity contribution in [2.24, 2.45) is 11.7 Å². The summed E-state index contributed by atoms with van der Waals surface area (Å²) < 4.78 is 7.23. The number of nitrogens with zero attached hydrogens (tertiary/aromatic N) is 3. The van der Waals surface area contributed by atoms with E-state index in [-0.39, 0.29) is 18.2 Å². The van der Waals surface area contributed by atoms with E-state index in [1.807, 2.05) is 23.6 Å². The number of hydrogen-bond acceptors (Lipinski definition) is 6. The predicted octanol–water partition coefficient (Wildman–Crippen LogP) is 2.48. The van der Waals surface area contributed by atoms with Gasteiger partial charge in [-0.25, -0.2) is 0 Å². The molecule has 0 aliphatic heterocycles. The standard InChI is InChI=1S/C19H27N5O3S/c1-12(2)11-24-17(10-9-16(20)25)22-23-19(24)28-13(3)18(26)21-14-7-5-6-8-15(14)27-4/h5-8,12-13H,9-11H2,1-4H3,(H2,20,25)(H,21,26)/t13-/m1/s1. The maximum Gasteiger partial charge on any atom is 0.237 e. The minimum atomic E-state index is -0.399. The van der Waals surface area contributed by atoms with E-state index in [2.05, 4.69) is 29.4 Å². The van der Waals surface area contributed by atoms with E-state index < -0.39 is 5.25 Å². The lowest BCUT2D eigenvalue weighted by Gasteiger charge is -2.16. The van der Waals surface area contributed by atoms with Gasteiger partial charge in [-0.2, -0.15) is 0 Å². The van der Waals surface area contributed by atoms with E-state index in [0.717, 1.165) is 0 Å². The second kappa shape index (κ2) is 10.1. The van der Waals surface area contributed by atoms with Crippen LogP contribution in [0.5, 0.6) is 5.75 Å². The summed E-state index contributed by atoms with van der Waals surface area (Å²) in [6.45, 7) is 6.69. The second-order valence-corrected chi connectivity index (χ2v) is 8.13. The molecule has 2 rings (SSSR count). The minimum absolute atomic E-state index is 0.160. The average Bonchev–Trinajstić information content (AvgIpc) is 3.01. The van der Waals surface area contributed by atoms with Gasteiger partial charge in [-0.3, -0.25) is 9.59 Å². The van der Waals surface area contributed by atoms with Gasteiger partial charge in [0.2, 0.25) is 11.8 Å². The molecule has 0 unspecified atom stereocenters. The molecule has 0 aliphatic carbocycles. The summed E-state index contributed by atoms with van der Waals surface area (Å²) in [6.07, 6.45) is 0.641. The lowest BCUT2D eigenvalue weighted by molar-refractivity contribution is -0.118. The Morgan fingerprint density at radius 1 is 1.25 bits per heavy atom. The highest BCUT2D eigenvalue weighted by molar-refractivity contribution is 8.00. The van der Waals surface area contributed by atoms with E-state index >= 15 is 0 Å². The number of hydrogen-bond donors (Lipinski definition) is 2. The number of amides is 2. The molecular weight excluding hydrogens is 378 g/mol. The molecule has 9 heteroatoms. The number of ether oxygens (including phenoxy) is 1. The summed E-state index contributed by atoms with van der Waals surface area (Å²) in [5.74, 6) is 1.13. The number of aryl methyl sites for hydroxylation is 1. The fourth-order valence-electron chi connectivity index (χ4n) is 2.57. The summed E-state index contributed by atoms with van der Waals surface area (Å²) in [5, 5.41) is 11.6. The van der Waals surface area contributed by atoms with E-state index in [1.54, 1.807) is 19.2 Å². The number of methoxy groups -OCH3 is 1. The van der Waals surface area contributed by atoms with E-state index in [1.165, 1.54) is 11.8 Å². The molecule has 0 saturated heterocycles. The molecule has 1 atom stereocenters. The molecule has 1 aromatic carbocycles. The Morgan fingerprint density at radius 3 is 2.61 bits per heavy atom. The van der Waals surface area contributed by atoms with Crippen LogP contribution in [-0.2, 0) is 22.6 Å². The first-order valence-corrected chi connectivity index (χ1v) is 10.0. The third-order valence-electron chi connectivity index (χ3n) is 3.95. The van der Waals surface area contributed by atoms with Crippen LogP contribution in [0.3, 0.4) is 0 Å². The number of nitrogens with two attached hydrogens (primary N) is 1. The number of para-hydroxylation sites is 2. The SMILES string of the molecule is COc1ccccc1NC(=O)[C@@H](C)Sc1nnc(CCC(N)=O)n1CC(C)C. The highest BCUT2D eigenvalue weighted by Gasteiger charge is 2.21. The van der Waals surface area contributed by atoms with Gasteiger partial charge >= 0.3 is 0 Å². The molecule has 0 fully saturated rings. The fraction of sp³-hybridized carbons (Fsp3) is 0.474. The van der Waals surface area contributed by atoms with Crippen LogP contribution in [-0.4, -0.2) is 38.9 Å². The number of aromatic nitrogens is 3. The van der Waals surface area contributed by atoms with Crippen LogP contribution in [0.2, 0.25) is 0 Å². The molecule has 152 valence electrons. The monoisotopic (exact) mass is 405 g/mol. The molecule has 0 bridgehead atoms. The van der Waals surface area contributed by atoms with E-state index in [9.17, 15) is 9.59 Å². The van der Waals surface area contributed by atoms with Gasteiger partial charge in [-0.05, 0) is 25.0 Å². The lowest BCUT2D eigenvalue weighted by atomic mass is 10.2. The van der Waals surface area contributed by atoms with Gasteiger partial charge in [0.25, 0.3) is 0 Å². The van der Waals surface area contributed by atoms with Gasteiger partial charge in [0.05, 0.1) is 18.0 Å². The van der Waals surface area contributed by atoms with Crippen LogP contribution < -0.4 is 15.8 Å². The molecule has 8 nitrogen and oxygen atoms in total. The number of nitrogens with one attached hydrogen (secondary N) is 1. The zero-order valence-corrected chi connectivity index (χ0v) is 17.5. The van der Waals surface area contributed by atoms with Gasteiger partial charge < -0.3 is 20.4 Å². The van der Waals surface area contributed by atoms with Crippen molar-refractivity contribution in [3.63, 3.8) is 0 Å². The van der Waals surface area contributed by atoms with Gasteiger partial charge in [-0.15, -0.1) is 10.2 Å². The summed E-state index contributed by atoms with van der Waals surface area (Å²) in [5.41, 5.74) is 5.87. The van der Waals surface area contributed by atoms with Crippen molar-refractivity contribution in [1.29, 1.82) is 0 Å². The van der Waals surface area contributed by atoms with Gasteiger partial charge in [-0.1, -0.05) is 37.7 Å². The van der Waals surface area contributed by atoms with Crippen molar-refractivity contribution in [3.05, 3.63) is 30.1 Å². The smallest absolute Gasteiger partial charge is 0.237 e. The van der Waals surface area contributed by atoms with Gasteiger partial charge in [0, 0.05) is 19.4 Å². The molecule has 0 saturated carbocycles. The normalized spacial score (nSPS) is 12.0. The van der Waals surface area contributed by atoms with Crippen molar-refractivity contribution in [1.82, 2.24) is 14.8 Å². The Kier molecular flexibility index (Phi) is 7.86. The van der Waals surface area contributed by atoms with Crippen LogP contribution in [0.4, 0.5) is 5.69 Å². The average molecular weight is 406 g/mol. The first kappa shape index (κ1) is 21.7. The van der Waals surface area contributed by atoms with Crippen molar-refractivity contribution in [2.75, 3.05) is 12.4 Å². The van der Waals surface area contributed by atoms with Gasteiger partial charge in [0.15, 0.2) is 5.16 Å². The van der Waals surface area contributed by atoms with Crippen LogP contribution in [0.25, 0.3) is 0 Å². The van der Waals surface area contributed by atoms with Crippen molar-refractivity contribution in [3.8, 4) is 5.75 Å². The molecule has 0 spiro atoms. The molecule has 2 aromatic rings. The first-order chi connectivity index (χ1) is 13.3. The molecule has 28 heavy (non-hydrogen) atoms. The molecule has 1 heterocycles. The molecule has 0 aliphatic rings. The van der Waals surface area contributed by atoms with E-state index in [4.69, 9.17) is 10.5 Å².